The van der Waals surface area contributed by atoms with Crippen molar-refractivity contribution in [3.05, 3.63) is 87.9 Å². The molecule has 1 aromatic heterocycles. The average Bonchev–Trinajstić information content (AvgIpc) is 3.23. The number of hydrogen-bond acceptors (Lipinski definition) is 5. The predicted molar refractivity (Wildman–Crippen MR) is 112 cm³/mol. The van der Waals surface area contributed by atoms with Crippen LogP contribution in [-0.2, 0) is 0 Å². The average molecular weight is 393 g/mol. The van der Waals surface area contributed by atoms with Crippen LogP contribution in [0.2, 0.25) is 0 Å². The van der Waals surface area contributed by atoms with Crippen molar-refractivity contribution in [3.63, 3.8) is 0 Å². The van der Waals surface area contributed by atoms with E-state index >= 15 is 0 Å². The minimum absolute atomic E-state index is 0.0768. The summed E-state index contributed by atoms with van der Waals surface area (Å²) in [5, 5.41) is 3.70. The van der Waals surface area contributed by atoms with Gasteiger partial charge in [-0.25, -0.2) is 4.39 Å². The highest BCUT2D eigenvalue weighted by Crippen LogP contribution is 2.34. The zero-order valence-corrected chi connectivity index (χ0v) is 16.2. The number of nitrogens with two attached hydrogens (primary N) is 1. The number of anilines is 1. The number of fused-ring (bicyclic) bond motifs is 1. The molecular formula is C22H20FN3OS. The number of carbonyl (C=O) groups is 1. The molecule has 1 aliphatic rings. The van der Waals surface area contributed by atoms with Crippen LogP contribution in [-0.4, -0.2) is 37.2 Å². The van der Waals surface area contributed by atoms with Crippen LogP contribution in [0.3, 0.4) is 0 Å². The molecule has 0 saturated carbocycles. The van der Waals surface area contributed by atoms with Crippen LogP contribution in [0.4, 0.5) is 10.1 Å². The lowest BCUT2D eigenvalue weighted by Crippen LogP contribution is -2.60. The first-order valence-electron chi connectivity index (χ1n) is 8.98. The summed E-state index contributed by atoms with van der Waals surface area (Å²) >= 11 is 1.47. The fourth-order valence-corrected chi connectivity index (χ4v) is 4.30. The van der Waals surface area contributed by atoms with Gasteiger partial charge in [-0.1, -0.05) is 30.3 Å². The van der Waals surface area contributed by atoms with Gasteiger partial charge in [0, 0.05) is 41.4 Å². The summed E-state index contributed by atoms with van der Waals surface area (Å²) in [4.78, 5) is 20.1. The van der Waals surface area contributed by atoms with Crippen molar-refractivity contribution in [2.75, 3.05) is 25.0 Å². The van der Waals surface area contributed by atoms with Gasteiger partial charge in [-0.05, 0) is 29.6 Å². The number of nitrogens with zero attached hydrogens (tertiary/aromatic N) is 2. The largest absolute Gasteiger partial charge is 0.358 e. The van der Waals surface area contributed by atoms with Crippen LogP contribution in [0.5, 0.6) is 0 Å². The van der Waals surface area contributed by atoms with E-state index < -0.39 is 5.54 Å². The van der Waals surface area contributed by atoms with Crippen LogP contribution < -0.4 is 10.6 Å². The minimum atomic E-state index is -1.04. The van der Waals surface area contributed by atoms with Crippen molar-refractivity contribution in [2.24, 2.45) is 10.7 Å². The quantitative estimate of drug-likeness (QED) is 0.687. The van der Waals surface area contributed by atoms with E-state index in [2.05, 4.69) is 0 Å². The number of carbonyl (C=O) groups excluding carboxylic acids is 1. The summed E-state index contributed by atoms with van der Waals surface area (Å²) in [6, 6.07) is 16.0. The SMILES string of the molecule is CN1c2ccccc2C(c2ccccc2F)=NCC1(CN)C(=O)c1ccsc1. The molecular weight excluding hydrogens is 373 g/mol. The van der Waals surface area contributed by atoms with Crippen molar-refractivity contribution in [1.82, 2.24) is 0 Å². The number of benzene rings is 2. The van der Waals surface area contributed by atoms with E-state index in [1.165, 1.54) is 17.4 Å². The van der Waals surface area contributed by atoms with Gasteiger partial charge in [0.25, 0.3) is 0 Å². The Kier molecular flexibility index (Phi) is 4.83. The van der Waals surface area contributed by atoms with Gasteiger partial charge in [-0.3, -0.25) is 9.79 Å². The van der Waals surface area contributed by atoms with Crippen LogP contribution in [0.15, 0.2) is 70.3 Å². The first-order valence-corrected chi connectivity index (χ1v) is 9.92. The number of ketones is 1. The second kappa shape index (κ2) is 7.30. The van der Waals surface area contributed by atoms with E-state index in [4.69, 9.17) is 10.7 Å². The van der Waals surface area contributed by atoms with Crippen LogP contribution in [0, 0.1) is 5.82 Å². The number of para-hydroxylation sites is 1. The number of benzodiazepines with no additional fused rings is 1. The summed E-state index contributed by atoms with van der Waals surface area (Å²) in [5.41, 5.74) is 8.29. The third-order valence-electron chi connectivity index (χ3n) is 5.33. The summed E-state index contributed by atoms with van der Waals surface area (Å²) in [6.07, 6.45) is 0. The monoisotopic (exact) mass is 393 g/mol. The summed E-state index contributed by atoms with van der Waals surface area (Å²) < 4.78 is 14.6. The molecule has 4 nitrogen and oxygen atoms in total. The van der Waals surface area contributed by atoms with E-state index in [1.807, 2.05) is 47.0 Å². The lowest BCUT2D eigenvalue weighted by atomic mass is 9.88. The summed E-state index contributed by atoms with van der Waals surface area (Å²) in [7, 11) is 1.86. The summed E-state index contributed by atoms with van der Waals surface area (Å²) in [6.45, 7) is 0.244. The number of hydrogen-bond donors (Lipinski definition) is 1. The molecule has 142 valence electrons. The first kappa shape index (κ1) is 18.5. The lowest BCUT2D eigenvalue weighted by Gasteiger charge is -2.39. The molecule has 4 rings (SSSR count). The van der Waals surface area contributed by atoms with Gasteiger partial charge in [0.05, 0.1) is 12.3 Å². The second-order valence-electron chi connectivity index (χ2n) is 6.80. The number of halogens is 1. The lowest BCUT2D eigenvalue weighted by molar-refractivity contribution is 0.0897. The van der Waals surface area contributed by atoms with Crippen molar-refractivity contribution in [3.8, 4) is 0 Å². The smallest absolute Gasteiger partial charge is 0.192 e. The van der Waals surface area contributed by atoms with E-state index in [-0.39, 0.29) is 24.7 Å². The van der Waals surface area contributed by atoms with Gasteiger partial charge in [0.2, 0.25) is 0 Å². The zero-order valence-electron chi connectivity index (χ0n) is 15.4. The number of aliphatic imine (C=N–C) groups is 1. The fraction of sp³-hybridized carbons (Fsp3) is 0.182. The fourth-order valence-electron chi connectivity index (χ4n) is 3.66. The Hall–Kier alpha value is -2.83. The van der Waals surface area contributed by atoms with Crippen LogP contribution in [0.25, 0.3) is 0 Å². The molecule has 0 radical (unpaired) electrons. The second-order valence-corrected chi connectivity index (χ2v) is 7.58. The van der Waals surface area contributed by atoms with E-state index in [0.717, 1.165) is 11.3 Å². The molecule has 6 heteroatoms. The van der Waals surface area contributed by atoms with Gasteiger partial charge >= 0.3 is 0 Å². The van der Waals surface area contributed by atoms with Crippen LogP contribution in [0.1, 0.15) is 21.5 Å². The Bertz CT molecular complexity index is 1050. The molecule has 3 aromatic rings. The maximum atomic E-state index is 14.6. The highest BCUT2D eigenvalue weighted by Gasteiger charge is 2.44. The maximum absolute atomic E-state index is 14.6. The number of thiophene rings is 1. The van der Waals surface area contributed by atoms with Gasteiger partial charge < -0.3 is 10.6 Å². The molecule has 2 heterocycles. The molecule has 1 aliphatic heterocycles. The number of Topliss-reactive ketones (excluding diaryl/α,β-unsaturated/α-hetero) is 1. The van der Waals surface area contributed by atoms with Crippen molar-refractivity contribution in [1.29, 1.82) is 0 Å². The predicted octanol–water partition coefficient (Wildman–Crippen LogP) is 3.75. The zero-order chi connectivity index (χ0) is 19.7. The van der Waals surface area contributed by atoms with Gasteiger partial charge in [0.1, 0.15) is 11.4 Å². The van der Waals surface area contributed by atoms with Crippen molar-refractivity contribution in [2.45, 2.75) is 5.54 Å². The van der Waals surface area contributed by atoms with E-state index in [0.29, 0.717) is 16.8 Å². The van der Waals surface area contributed by atoms with Gasteiger partial charge in [-0.15, -0.1) is 0 Å². The molecule has 0 spiro atoms. The van der Waals surface area contributed by atoms with Gasteiger partial charge in [-0.2, -0.15) is 11.3 Å². The topological polar surface area (TPSA) is 58.7 Å². The Morgan fingerprint density at radius 1 is 1.18 bits per heavy atom. The highest BCUT2D eigenvalue weighted by molar-refractivity contribution is 7.08. The maximum Gasteiger partial charge on any atom is 0.192 e. The standard InChI is InChI=1S/C22H20FN3OS/c1-26-19-9-5-3-7-17(19)20(16-6-2-4-8-18(16)23)25-14-22(26,13-24)21(27)15-10-11-28-12-15/h2-12H,13-14,24H2,1H3. The van der Waals surface area contributed by atoms with Crippen LogP contribution >= 0.6 is 11.3 Å². The third kappa shape index (κ3) is 2.85. The van der Waals surface area contributed by atoms with E-state index in [9.17, 15) is 9.18 Å². The molecule has 0 saturated heterocycles. The normalized spacial score (nSPS) is 19.0. The summed E-state index contributed by atoms with van der Waals surface area (Å²) in [5.74, 6) is -0.421. The number of rotatable bonds is 4. The molecule has 0 bridgehead atoms. The Morgan fingerprint density at radius 3 is 2.57 bits per heavy atom. The molecule has 1 unspecified atom stereocenters. The van der Waals surface area contributed by atoms with E-state index in [1.54, 1.807) is 24.3 Å². The molecule has 0 amide bonds. The molecule has 0 fully saturated rings. The molecule has 2 aromatic carbocycles. The Balaban J connectivity index is 1.93. The Labute approximate surface area is 167 Å². The first-order chi connectivity index (χ1) is 13.6. The van der Waals surface area contributed by atoms with Crippen molar-refractivity contribution >= 4 is 28.5 Å². The Morgan fingerprint density at radius 2 is 1.89 bits per heavy atom. The molecule has 2 N–H and O–H groups in total. The molecule has 0 aliphatic carbocycles. The minimum Gasteiger partial charge on any atom is -0.358 e. The molecule has 1 atom stereocenters. The van der Waals surface area contributed by atoms with Gasteiger partial charge in [0.15, 0.2) is 5.78 Å². The third-order valence-corrected chi connectivity index (χ3v) is 6.02. The van der Waals surface area contributed by atoms with Crippen molar-refractivity contribution < 1.29 is 9.18 Å². The molecule has 28 heavy (non-hydrogen) atoms. The number of likely N-dealkylation sites (N-methyl/N-ethyl adjacent to an activating group) is 1. The highest BCUT2D eigenvalue weighted by atomic mass is 32.1.